The smallest absolute Gasteiger partial charge is 0.332 e. The fraction of sp³-hybridized carbons (Fsp3) is 0.333. The molecule has 0 aliphatic carbocycles. The van der Waals surface area contributed by atoms with Gasteiger partial charge in [-0.15, -0.1) is 0 Å². The number of nitrogens with zero attached hydrogens (tertiary/aromatic N) is 4. The summed E-state index contributed by atoms with van der Waals surface area (Å²) in [4.78, 5) is 30.2. The van der Waals surface area contributed by atoms with Gasteiger partial charge in [0, 0.05) is 27.1 Å². The lowest BCUT2D eigenvalue weighted by Gasteiger charge is -2.13. The molecule has 0 saturated heterocycles. The maximum atomic E-state index is 13.1. The molecule has 0 atom stereocenters. The third-order valence-corrected chi connectivity index (χ3v) is 5.29. The standard InChI is InChI=1S/C24H28N4O3/c1-7-17-11-10-12-18(14-17)15-28-20-22(26(5)24(30)27(6)23(20)29)25-21(28)16(4)13-19(8-2)31-9-3/h10-12,14H,2,4,7,9,13,15H2,1,3,5-6H3. The van der Waals surface area contributed by atoms with Crippen LogP contribution in [0.4, 0.5) is 0 Å². The summed E-state index contributed by atoms with van der Waals surface area (Å²) >= 11 is 0. The Kier molecular flexibility index (Phi) is 6.47. The summed E-state index contributed by atoms with van der Waals surface area (Å²) in [6, 6.07) is 8.20. The van der Waals surface area contributed by atoms with Gasteiger partial charge >= 0.3 is 5.69 Å². The first kappa shape index (κ1) is 22.1. The summed E-state index contributed by atoms with van der Waals surface area (Å²) in [6.45, 7) is 12.8. The van der Waals surface area contributed by atoms with Crippen LogP contribution in [0.1, 0.15) is 37.2 Å². The largest absolute Gasteiger partial charge is 0.490 e. The fourth-order valence-electron chi connectivity index (χ4n) is 3.61. The average Bonchev–Trinajstić information content (AvgIpc) is 3.15. The molecule has 3 aromatic rings. The number of ether oxygens (including phenoxy) is 1. The fourth-order valence-corrected chi connectivity index (χ4v) is 3.61. The Balaban J connectivity index is 2.24. The molecule has 0 radical (unpaired) electrons. The Labute approximate surface area is 181 Å². The molecule has 0 saturated carbocycles. The van der Waals surface area contributed by atoms with Crippen molar-refractivity contribution in [1.82, 2.24) is 18.7 Å². The van der Waals surface area contributed by atoms with Gasteiger partial charge in [-0.3, -0.25) is 13.9 Å². The summed E-state index contributed by atoms with van der Waals surface area (Å²) in [5, 5.41) is 0. The van der Waals surface area contributed by atoms with Gasteiger partial charge in [0.25, 0.3) is 5.56 Å². The van der Waals surface area contributed by atoms with Crippen LogP contribution < -0.4 is 11.2 Å². The third kappa shape index (κ3) is 4.18. The van der Waals surface area contributed by atoms with Gasteiger partial charge in [-0.2, -0.15) is 0 Å². The first-order valence-corrected chi connectivity index (χ1v) is 10.3. The van der Waals surface area contributed by atoms with Gasteiger partial charge < -0.3 is 9.30 Å². The Morgan fingerprint density at radius 2 is 1.87 bits per heavy atom. The lowest BCUT2D eigenvalue weighted by Crippen LogP contribution is -2.37. The van der Waals surface area contributed by atoms with Crippen LogP contribution in [0, 0.1) is 0 Å². The number of rotatable bonds is 8. The van der Waals surface area contributed by atoms with E-state index < -0.39 is 5.69 Å². The van der Waals surface area contributed by atoms with E-state index in [0.717, 1.165) is 16.6 Å². The number of hydrogen-bond acceptors (Lipinski definition) is 4. The number of hydrogen-bond donors (Lipinski definition) is 0. The highest BCUT2D eigenvalue weighted by Crippen LogP contribution is 2.24. The van der Waals surface area contributed by atoms with E-state index in [4.69, 9.17) is 4.74 Å². The molecule has 162 valence electrons. The minimum Gasteiger partial charge on any atom is -0.490 e. The monoisotopic (exact) mass is 420 g/mol. The van der Waals surface area contributed by atoms with E-state index in [1.807, 2.05) is 23.6 Å². The van der Waals surface area contributed by atoms with Crippen molar-refractivity contribution in [1.29, 1.82) is 0 Å². The van der Waals surface area contributed by atoms with Crippen LogP contribution in [0.5, 0.6) is 0 Å². The number of imidazole rings is 1. The predicted octanol–water partition coefficient (Wildman–Crippen LogP) is 3.15. The molecule has 2 heterocycles. The summed E-state index contributed by atoms with van der Waals surface area (Å²) in [5.74, 6) is 1.09. The van der Waals surface area contributed by atoms with Gasteiger partial charge in [0.05, 0.1) is 6.61 Å². The van der Waals surface area contributed by atoms with E-state index >= 15 is 0 Å². The van der Waals surface area contributed by atoms with Crippen LogP contribution in [0.25, 0.3) is 16.7 Å². The molecule has 31 heavy (non-hydrogen) atoms. The first-order chi connectivity index (χ1) is 14.8. The van der Waals surface area contributed by atoms with Crippen molar-refractivity contribution >= 4 is 16.7 Å². The highest BCUT2D eigenvalue weighted by atomic mass is 16.5. The maximum Gasteiger partial charge on any atom is 0.332 e. The second kappa shape index (κ2) is 9.06. The number of aromatic nitrogens is 4. The minimum absolute atomic E-state index is 0.330. The zero-order chi connectivity index (χ0) is 22.7. The molecule has 1 aromatic carbocycles. The van der Waals surface area contributed by atoms with Crippen molar-refractivity contribution in [3.63, 3.8) is 0 Å². The Morgan fingerprint density at radius 3 is 2.52 bits per heavy atom. The number of aryl methyl sites for hydroxylation is 2. The molecule has 7 nitrogen and oxygen atoms in total. The Hall–Kier alpha value is -3.57. The van der Waals surface area contributed by atoms with Crippen molar-refractivity contribution in [3.05, 3.63) is 86.7 Å². The molecule has 0 spiro atoms. The van der Waals surface area contributed by atoms with Gasteiger partial charge in [-0.05, 0) is 30.0 Å². The van der Waals surface area contributed by atoms with Crippen LogP contribution >= 0.6 is 0 Å². The quantitative estimate of drug-likeness (QED) is 0.415. The molecule has 0 amide bonds. The first-order valence-electron chi connectivity index (χ1n) is 10.3. The third-order valence-electron chi connectivity index (χ3n) is 5.29. The molecule has 3 rings (SSSR count). The van der Waals surface area contributed by atoms with Gasteiger partial charge in [-0.25, -0.2) is 9.78 Å². The van der Waals surface area contributed by atoms with Crippen molar-refractivity contribution < 1.29 is 4.74 Å². The molecule has 0 aliphatic heterocycles. The van der Waals surface area contributed by atoms with Crippen LogP contribution in [-0.4, -0.2) is 25.3 Å². The van der Waals surface area contributed by atoms with E-state index in [1.54, 1.807) is 7.05 Å². The van der Waals surface area contributed by atoms with Gasteiger partial charge in [0.1, 0.15) is 11.6 Å². The lowest BCUT2D eigenvalue weighted by atomic mass is 10.1. The molecule has 7 heteroatoms. The van der Waals surface area contributed by atoms with Crippen molar-refractivity contribution in [2.75, 3.05) is 6.61 Å². The second-order valence-electron chi connectivity index (χ2n) is 7.39. The van der Waals surface area contributed by atoms with Crippen LogP contribution in [0.15, 0.2) is 58.5 Å². The van der Waals surface area contributed by atoms with Crippen LogP contribution in [0.3, 0.4) is 0 Å². The summed E-state index contributed by atoms with van der Waals surface area (Å²) in [6.07, 6.45) is 1.26. The number of benzene rings is 1. The van der Waals surface area contributed by atoms with E-state index in [-0.39, 0.29) is 5.56 Å². The van der Waals surface area contributed by atoms with Crippen LogP contribution in [-0.2, 0) is 31.8 Å². The average molecular weight is 421 g/mol. The highest BCUT2D eigenvalue weighted by Gasteiger charge is 2.21. The topological polar surface area (TPSA) is 71.0 Å². The molecular formula is C24H28N4O3. The minimum atomic E-state index is -0.423. The summed E-state index contributed by atoms with van der Waals surface area (Å²) < 4.78 is 9.88. The van der Waals surface area contributed by atoms with Crippen molar-refractivity contribution in [2.45, 2.75) is 33.2 Å². The highest BCUT2D eigenvalue weighted by molar-refractivity contribution is 5.76. The van der Waals surface area contributed by atoms with Crippen molar-refractivity contribution in [3.8, 4) is 0 Å². The molecule has 2 aromatic heterocycles. The molecule has 0 bridgehead atoms. The summed E-state index contributed by atoms with van der Waals surface area (Å²) in [7, 11) is 3.09. The van der Waals surface area contributed by atoms with E-state index in [2.05, 4.69) is 42.9 Å². The van der Waals surface area contributed by atoms with E-state index in [0.29, 0.717) is 47.9 Å². The summed E-state index contributed by atoms with van der Waals surface area (Å²) in [5.41, 5.74) is 5.56. The number of fused-ring (bicyclic) bond motifs is 1. The van der Waals surface area contributed by atoms with Gasteiger partial charge in [-0.1, -0.05) is 50.1 Å². The Morgan fingerprint density at radius 1 is 1.16 bits per heavy atom. The zero-order valence-electron chi connectivity index (χ0n) is 18.6. The zero-order valence-corrected chi connectivity index (χ0v) is 18.6. The molecule has 0 N–H and O–H groups in total. The number of allylic oxidation sites excluding steroid dienone is 1. The lowest BCUT2D eigenvalue weighted by molar-refractivity contribution is 0.226. The Bertz CT molecular complexity index is 1320. The van der Waals surface area contributed by atoms with Crippen molar-refractivity contribution in [2.24, 2.45) is 14.1 Å². The van der Waals surface area contributed by atoms with E-state index in [1.165, 1.54) is 17.2 Å². The molecule has 0 unspecified atom stereocenters. The van der Waals surface area contributed by atoms with E-state index in [9.17, 15) is 9.59 Å². The maximum absolute atomic E-state index is 13.1. The molecular weight excluding hydrogens is 392 g/mol. The predicted molar refractivity (Wildman–Crippen MR) is 123 cm³/mol. The molecule has 0 fully saturated rings. The molecule has 0 aliphatic rings. The second-order valence-corrected chi connectivity index (χ2v) is 7.39. The van der Waals surface area contributed by atoms with Crippen LogP contribution in [0.2, 0.25) is 0 Å². The van der Waals surface area contributed by atoms with Gasteiger partial charge in [0.2, 0.25) is 0 Å². The SMILES string of the molecule is C=C=C(CC(=C)c1nc2c(c(=O)n(C)c(=O)n2C)n1Cc1cccc(CC)c1)OCC. The van der Waals surface area contributed by atoms with Gasteiger partial charge in [0.15, 0.2) is 11.2 Å². The normalized spacial score (nSPS) is 10.8.